The van der Waals surface area contributed by atoms with Crippen LogP contribution in [0.5, 0.6) is 0 Å². The fourth-order valence-corrected chi connectivity index (χ4v) is 20.2. The lowest BCUT2D eigenvalue weighted by molar-refractivity contribution is -0.287. The lowest BCUT2D eigenvalue weighted by Gasteiger charge is -2.53. The zero-order valence-corrected chi connectivity index (χ0v) is 81.4. The molecule has 16 atom stereocenters. The molecule has 0 aromatic carbocycles. The topological polar surface area (TPSA) is 57.2 Å². The van der Waals surface area contributed by atoms with Crippen LogP contribution in [0.15, 0.2) is 12.2 Å². The zero-order valence-electron chi connectivity index (χ0n) is 81.4. The number of allylic oxidation sites excluding steroid dienone is 2. The van der Waals surface area contributed by atoms with Gasteiger partial charge in [-0.1, -0.05) is 457 Å². The molecule has 113 heavy (non-hydrogen) atoms. The van der Waals surface area contributed by atoms with Crippen LogP contribution in [0.3, 0.4) is 0 Å². The van der Waals surface area contributed by atoms with Gasteiger partial charge in [0.15, 0.2) is 0 Å². The van der Waals surface area contributed by atoms with E-state index in [2.05, 4.69) is 158 Å². The van der Waals surface area contributed by atoms with E-state index in [0.29, 0.717) is 17.8 Å². The lowest BCUT2D eigenvalue weighted by atomic mass is 9.78. The number of unbranched alkanes of at least 4 members (excludes halogenated alkanes) is 22. The Bertz CT molecular complexity index is 2110. The minimum Gasteiger partial charge on any atom is -0.387 e. The largest absolute Gasteiger partial charge is 0.387 e. The summed E-state index contributed by atoms with van der Waals surface area (Å²) in [6.45, 7) is 51.8. The van der Waals surface area contributed by atoms with Crippen LogP contribution in [0.2, 0.25) is 0 Å². The minimum atomic E-state index is -0.873. The summed E-state index contributed by atoms with van der Waals surface area (Å²) in [5, 5.41) is 12.6. The van der Waals surface area contributed by atoms with E-state index in [9.17, 15) is 5.11 Å². The maximum Gasteiger partial charge on any atom is 0.0924 e. The molecule has 0 aromatic rings. The van der Waals surface area contributed by atoms with Gasteiger partial charge in [-0.3, -0.25) is 0 Å². The van der Waals surface area contributed by atoms with Crippen LogP contribution in [0.1, 0.15) is 556 Å². The van der Waals surface area contributed by atoms with E-state index < -0.39 is 22.4 Å². The molecule has 2 heterocycles. The van der Waals surface area contributed by atoms with Crippen molar-refractivity contribution < 1.29 is 24.1 Å². The molecule has 0 saturated carbocycles. The Morgan fingerprint density at radius 1 is 0.319 bits per heavy atom. The van der Waals surface area contributed by atoms with Crippen molar-refractivity contribution >= 4 is 0 Å². The SMILES string of the molecule is CCCCCCCCC=CCCCCCCCCCCCCCCCCCCOC1CCC(C(C)(CCCC(C)CCCC(C)CCCC(C)C)OC(C)(CCCC(C)CCCC(C)CCCC(C)C)C2CCC(C(C)(O)CCCC(C)CCCC(C)CCCC(C)C)O2)OC1(C)CCCC(C)CCCC(C)CCCC(C)C. The summed E-state index contributed by atoms with van der Waals surface area (Å²) < 4.78 is 31.1. The predicted octanol–water partition coefficient (Wildman–Crippen LogP) is 35.8. The molecular formula is C108H212O5. The molecule has 16 unspecified atom stereocenters. The van der Waals surface area contributed by atoms with Crippen LogP contribution in [-0.2, 0) is 18.9 Å². The molecule has 0 aromatic heterocycles. The number of hydrogen-bond acceptors (Lipinski definition) is 5. The number of rotatable bonds is 80. The Morgan fingerprint density at radius 3 is 0.938 bits per heavy atom. The first-order valence-corrected chi connectivity index (χ1v) is 52.0. The maximum absolute atomic E-state index is 12.6. The quantitative estimate of drug-likeness (QED) is 0.0486. The van der Waals surface area contributed by atoms with E-state index in [1.807, 2.05) is 0 Å². The summed E-state index contributed by atoms with van der Waals surface area (Å²) in [5.74, 6) is 9.29. The van der Waals surface area contributed by atoms with Gasteiger partial charge in [-0.05, 0) is 182 Å². The highest BCUT2D eigenvalue weighted by Crippen LogP contribution is 2.48. The summed E-state index contributed by atoms with van der Waals surface area (Å²) in [6.07, 6.45) is 87.4. The lowest BCUT2D eigenvalue weighted by Crippen LogP contribution is -2.60. The van der Waals surface area contributed by atoms with E-state index in [-0.39, 0.29) is 24.4 Å². The van der Waals surface area contributed by atoms with Gasteiger partial charge in [-0.2, -0.15) is 0 Å². The van der Waals surface area contributed by atoms with Crippen LogP contribution in [0, 0.1) is 71.0 Å². The normalized spacial score (nSPS) is 21.7. The van der Waals surface area contributed by atoms with Crippen molar-refractivity contribution in [2.24, 2.45) is 71.0 Å². The number of hydrogen-bond donors (Lipinski definition) is 1. The molecule has 2 aliphatic rings. The second kappa shape index (κ2) is 67.1. The van der Waals surface area contributed by atoms with Crippen molar-refractivity contribution in [2.45, 2.75) is 603 Å². The predicted molar refractivity (Wildman–Crippen MR) is 503 cm³/mol. The van der Waals surface area contributed by atoms with Crippen LogP contribution in [0.25, 0.3) is 0 Å². The zero-order chi connectivity index (χ0) is 83.4. The average molecular weight is 1590 g/mol. The highest BCUT2D eigenvalue weighted by atomic mass is 16.6. The highest BCUT2D eigenvalue weighted by molar-refractivity contribution is 5.02. The standard InChI is InChI=1S/C108H212O5/c1-22-23-24-25-26-27-28-29-30-31-32-33-34-35-36-37-38-39-40-41-42-43-44-45-46-47-88-110-102-81-83-104(112-106(102,19)85-57-77-98(15)73-53-69-94(11)65-49-61-90(4)5)108(21,87-59-79-100(17)75-55-71-96(13)67-51-63-92(8)9)113-107(20,86-58-78-99(16)74-54-70-95(12)66-50-62-91(6)7)103-82-80-101(111-103)105(18,109)84-56-76-97(14)72-52-68-93(10)64-48-60-89(2)3/h29-30,89-104,109H,22-28,31-88H2,1-21H3. The smallest absolute Gasteiger partial charge is 0.0924 e. The summed E-state index contributed by atoms with van der Waals surface area (Å²) in [5.41, 5.74) is -2.31. The monoisotopic (exact) mass is 1590 g/mol. The number of ether oxygens (including phenoxy) is 4. The third-order valence-corrected chi connectivity index (χ3v) is 28.8. The highest BCUT2D eigenvalue weighted by Gasteiger charge is 2.54. The Morgan fingerprint density at radius 2 is 0.593 bits per heavy atom. The molecule has 2 aliphatic heterocycles. The van der Waals surface area contributed by atoms with Crippen LogP contribution in [-0.4, -0.2) is 58.5 Å². The van der Waals surface area contributed by atoms with Crippen LogP contribution in [0.4, 0.5) is 0 Å². The molecule has 2 rings (SSSR count). The minimum absolute atomic E-state index is 0.0444. The van der Waals surface area contributed by atoms with E-state index in [0.717, 1.165) is 137 Å². The molecule has 0 radical (unpaired) electrons. The van der Waals surface area contributed by atoms with Crippen molar-refractivity contribution in [2.75, 3.05) is 6.61 Å². The fourth-order valence-electron chi connectivity index (χ4n) is 20.2. The summed E-state index contributed by atoms with van der Waals surface area (Å²) >= 11 is 0. The van der Waals surface area contributed by atoms with Crippen molar-refractivity contribution in [3.05, 3.63) is 12.2 Å². The van der Waals surface area contributed by atoms with Crippen molar-refractivity contribution in [1.29, 1.82) is 0 Å². The Labute approximate surface area is 712 Å². The van der Waals surface area contributed by atoms with Gasteiger partial charge in [-0.25, -0.2) is 0 Å². The summed E-state index contributed by atoms with van der Waals surface area (Å²) in [6, 6.07) is 0. The number of aliphatic hydroxyl groups is 1. The average Bonchev–Trinajstić information content (AvgIpc) is 1.47. The van der Waals surface area contributed by atoms with E-state index in [1.165, 1.54) is 334 Å². The molecule has 2 saturated heterocycles. The van der Waals surface area contributed by atoms with Gasteiger partial charge in [0.05, 0.1) is 46.8 Å². The van der Waals surface area contributed by atoms with E-state index >= 15 is 0 Å². The first-order valence-electron chi connectivity index (χ1n) is 52.0. The van der Waals surface area contributed by atoms with E-state index in [1.54, 1.807) is 0 Å². The molecular weight excluding hydrogens is 1380 g/mol. The molecule has 0 aliphatic carbocycles. The fraction of sp³-hybridized carbons (Fsp3) is 0.981. The van der Waals surface area contributed by atoms with Crippen molar-refractivity contribution in [1.82, 2.24) is 0 Å². The summed E-state index contributed by atoms with van der Waals surface area (Å²) in [7, 11) is 0. The van der Waals surface area contributed by atoms with Gasteiger partial charge in [0.2, 0.25) is 0 Å². The Balaban J connectivity index is 2.34. The maximum atomic E-state index is 12.6. The van der Waals surface area contributed by atoms with Crippen molar-refractivity contribution in [3.8, 4) is 0 Å². The molecule has 0 amide bonds. The van der Waals surface area contributed by atoms with Gasteiger partial charge in [0, 0.05) is 6.61 Å². The van der Waals surface area contributed by atoms with Gasteiger partial charge in [-0.15, -0.1) is 0 Å². The molecule has 1 N–H and O–H groups in total. The molecule has 0 spiro atoms. The molecule has 2 fully saturated rings. The third-order valence-electron chi connectivity index (χ3n) is 28.8. The molecule has 5 nitrogen and oxygen atoms in total. The van der Waals surface area contributed by atoms with Crippen LogP contribution >= 0.6 is 0 Å². The summed E-state index contributed by atoms with van der Waals surface area (Å²) in [4.78, 5) is 0. The Hall–Kier alpha value is -0.460. The third kappa shape index (κ3) is 56.8. The molecule has 5 heteroatoms. The second-order valence-electron chi connectivity index (χ2n) is 43.5. The van der Waals surface area contributed by atoms with Gasteiger partial charge in [0.1, 0.15) is 0 Å². The Kier molecular flexibility index (Phi) is 64.5. The first-order chi connectivity index (χ1) is 54.0. The van der Waals surface area contributed by atoms with Gasteiger partial charge in [0.25, 0.3) is 0 Å². The molecule has 0 bridgehead atoms. The first kappa shape index (κ1) is 109. The van der Waals surface area contributed by atoms with Gasteiger partial charge < -0.3 is 24.1 Å². The van der Waals surface area contributed by atoms with E-state index in [4.69, 9.17) is 18.9 Å². The van der Waals surface area contributed by atoms with Crippen molar-refractivity contribution in [3.63, 3.8) is 0 Å². The molecule has 674 valence electrons. The van der Waals surface area contributed by atoms with Gasteiger partial charge >= 0.3 is 0 Å². The van der Waals surface area contributed by atoms with Crippen LogP contribution < -0.4 is 0 Å². The second-order valence-corrected chi connectivity index (χ2v) is 43.5.